The molecule has 48 heavy (non-hydrogen) atoms. The minimum Gasteiger partial charge on any atom is -0.455 e. The fraction of sp³-hybridized carbons (Fsp3) is 0.622. The van der Waals surface area contributed by atoms with E-state index in [0.717, 1.165) is 19.3 Å². The van der Waals surface area contributed by atoms with Gasteiger partial charge in [-0.25, -0.2) is 0 Å². The number of unbranched alkanes of at least 4 members (excludes halogenated alkanes) is 2. The molecule has 3 amide bonds. The first-order valence-electron chi connectivity index (χ1n) is 17.4. The lowest BCUT2D eigenvalue weighted by Crippen LogP contribution is -2.58. The molecule has 1 aromatic rings. The van der Waals surface area contributed by atoms with Crippen LogP contribution in [0.1, 0.15) is 71.0 Å². The van der Waals surface area contributed by atoms with E-state index in [-0.39, 0.29) is 37.4 Å². The zero-order valence-corrected chi connectivity index (χ0v) is 28.6. The lowest BCUT2D eigenvalue weighted by atomic mass is 9.74. The Morgan fingerprint density at radius 3 is 2.54 bits per heavy atom. The number of methoxy groups -OCH3 is 1. The first kappa shape index (κ1) is 35.8. The van der Waals surface area contributed by atoms with Crippen LogP contribution in [0, 0.1) is 17.8 Å². The van der Waals surface area contributed by atoms with E-state index < -0.39 is 59.6 Å². The number of rotatable bonds is 11. The first-order valence-corrected chi connectivity index (χ1v) is 17.4. The lowest BCUT2D eigenvalue weighted by molar-refractivity contribution is -0.163. The number of amides is 3. The normalized spacial score (nSPS) is 32.0. The Labute approximate surface area is 283 Å². The van der Waals surface area contributed by atoms with Gasteiger partial charge in [-0.2, -0.15) is 0 Å². The van der Waals surface area contributed by atoms with Crippen molar-refractivity contribution >= 4 is 23.7 Å². The second-order valence-electron chi connectivity index (χ2n) is 13.8. The van der Waals surface area contributed by atoms with E-state index in [4.69, 9.17) is 14.2 Å². The summed E-state index contributed by atoms with van der Waals surface area (Å²) in [4.78, 5) is 60.2. The van der Waals surface area contributed by atoms with Crippen LogP contribution in [-0.4, -0.2) is 102 Å². The Balaban J connectivity index is 1.61. The Hall–Kier alpha value is -3.54. The van der Waals surface area contributed by atoms with E-state index in [1.165, 1.54) is 12.0 Å². The molecule has 2 fully saturated rings. The molecule has 2 saturated heterocycles. The third kappa shape index (κ3) is 7.09. The van der Waals surface area contributed by atoms with Gasteiger partial charge in [0.05, 0.1) is 37.3 Å². The van der Waals surface area contributed by atoms with Crippen LogP contribution in [0.15, 0.2) is 54.6 Å². The van der Waals surface area contributed by atoms with Gasteiger partial charge in [-0.1, -0.05) is 88.2 Å². The molecule has 262 valence electrons. The van der Waals surface area contributed by atoms with Crippen LogP contribution in [0.25, 0.3) is 0 Å². The standard InChI is InChI=1S/C37H51N3O8/c1-5-6-12-19-39-20-13-8-11-16-29(42)38-27(23-46-4)32(25-14-9-7-10-15-25)47-36(45)30-28-17-18-37(48-28)31(30)34(43)40(33(37)35(39)44)26(22-41)21-24(2)3/h7-10,13-15,17-18,24,26-28,30-33,41H,5-6,11-12,16,19-23H2,1-4H3,(H,38,42)/b13-8-/t26-,27+,28-,30+,31+,32+,33-,37+/m1/s1. The number of fused-ring (bicyclic) bond motifs is 2. The van der Waals surface area contributed by atoms with Crippen LogP contribution in [0.2, 0.25) is 0 Å². The van der Waals surface area contributed by atoms with Crippen LogP contribution in [0.3, 0.4) is 0 Å². The minimum atomic E-state index is -1.39. The maximum atomic E-state index is 14.8. The molecule has 0 aliphatic carbocycles. The third-order valence-electron chi connectivity index (χ3n) is 9.97. The average Bonchev–Trinajstić information content (AvgIpc) is 3.72. The molecule has 4 heterocycles. The van der Waals surface area contributed by atoms with E-state index in [0.29, 0.717) is 31.5 Å². The highest BCUT2D eigenvalue weighted by molar-refractivity contribution is 5.99. The number of carbonyl (C=O) groups is 4. The van der Waals surface area contributed by atoms with Crippen molar-refractivity contribution in [2.24, 2.45) is 17.8 Å². The monoisotopic (exact) mass is 665 g/mol. The van der Waals surface area contributed by atoms with Crippen LogP contribution in [-0.2, 0) is 33.4 Å². The van der Waals surface area contributed by atoms with E-state index in [1.54, 1.807) is 17.1 Å². The third-order valence-corrected chi connectivity index (χ3v) is 9.97. The van der Waals surface area contributed by atoms with Gasteiger partial charge < -0.3 is 34.4 Å². The second kappa shape index (κ2) is 15.8. The Bertz CT molecular complexity index is 1370. The molecule has 0 radical (unpaired) electrons. The summed E-state index contributed by atoms with van der Waals surface area (Å²) in [6.45, 7) is 6.62. The predicted molar refractivity (Wildman–Crippen MR) is 178 cm³/mol. The van der Waals surface area contributed by atoms with Crippen molar-refractivity contribution in [2.45, 2.75) is 95.2 Å². The highest BCUT2D eigenvalue weighted by Gasteiger charge is 2.74. The van der Waals surface area contributed by atoms with Gasteiger partial charge in [0.25, 0.3) is 0 Å². The molecule has 0 aromatic heterocycles. The van der Waals surface area contributed by atoms with Gasteiger partial charge in [-0.3, -0.25) is 19.2 Å². The summed E-state index contributed by atoms with van der Waals surface area (Å²) in [5.41, 5.74) is -0.733. The number of hydrogen-bond donors (Lipinski definition) is 2. The molecule has 8 atom stereocenters. The van der Waals surface area contributed by atoms with Crippen molar-refractivity contribution in [2.75, 3.05) is 33.4 Å². The molecular weight excluding hydrogens is 614 g/mol. The highest BCUT2D eigenvalue weighted by atomic mass is 16.6. The maximum Gasteiger partial charge on any atom is 0.313 e. The number of nitrogens with zero attached hydrogens (tertiary/aromatic N) is 2. The number of nitrogens with one attached hydrogen (secondary N) is 1. The minimum absolute atomic E-state index is 0.0790. The topological polar surface area (TPSA) is 135 Å². The number of ether oxygens (including phenoxy) is 3. The summed E-state index contributed by atoms with van der Waals surface area (Å²) in [5, 5.41) is 13.6. The molecule has 11 nitrogen and oxygen atoms in total. The number of esters is 1. The highest BCUT2D eigenvalue weighted by Crippen LogP contribution is 2.56. The number of cyclic esters (lactones) is 1. The Morgan fingerprint density at radius 2 is 1.85 bits per heavy atom. The van der Waals surface area contributed by atoms with Crippen molar-refractivity contribution in [3.63, 3.8) is 0 Å². The summed E-state index contributed by atoms with van der Waals surface area (Å²) in [6, 6.07) is 6.72. The smallest absolute Gasteiger partial charge is 0.313 e. The van der Waals surface area contributed by atoms with E-state index in [2.05, 4.69) is 12.2 Å². The quantitative estimate of drug-likeness (QED) is 0.209. The maximum absolute atomic E-state index is 14.8. The average molecular weight is 666 g/mol. The molecule has 1 aromatic carbocycles. The molecule has 2 N–H and O–H groups in total. The summed E-state index contributed by atoms with van der Waals surface area (Å²) in [5.74, 6) is -3.49. The Kier molecular flexibility index (Phi) is 11.8. The van der Waals surface area contributed by atoms with Crippen molar-refractivity contribution in [3.8, 4) is 0 Å². The summed E-state index contributed by atoms with van der Waals surface area (Å²) in [6.07, 6.45) is 9.42. The number of hydrogen-bond acceptors (Lipinski definition) is 8. The van der Waals surface area contributed by atoms with E-state index >= 15 is 0 Å². The number of carbonyl (C=O) groups excluding carboxylic acids is 4. The SMILES string of the molecule is CCCCCN1C/C=C\CCC(=O)N[C@@H](COC)[C@H](c2ccccc2)OC(=O)[C@@H]2[C@H]3C(=O)N([C@@H](CO)CC(C)C)[C@H](C1=O)[C@]31C=C[C@H]2O1. The molecule has 5 rings (SSSR count). The largest absolute Gasteiger partial charge is 0.455 e. The molecule has 4 aliphatic heterocycles. The predicted octanol–water partition coefficient (Wildman–Crippen LogP) is 3.33. The van der Waals surface area contributed by atoms with E-state index in [1.807, 2.05) is 56.3 Å². The summed E-state index contributed by atoms with van der Waals surface area (Å²) < 4.78 is 18.3. The number of likely N-dealkylation sites (tertiary alicyclic amines) is 1. The van der Waals surface area contributed by atoms with Crippen molar-refractivity contribution in [1.82, 2.24) is 15.1 Å². The van der Waals surface area contributed by atoms with Gasteiger partial charge in [0.1, 0.15) is 23.7 Å². The van der Waals surface area contributed by atoms with Crippen molar-refractivity contribution in [3.05, 3.63) is 60.2 Å². The molecule has 0 saturated carbocycles. The van der Waals surface area contributed by atoms with Crippen LogP contribution in [0.5, 0.6) is 0 Å². The molecular formula is C37H51N3O8. The van der Waals surface area contributed by atoms with Gasteiger partial charge >= 0.3 is 5.97 Å². The molecule has 5 bridgehead atoms. The molecule has 0 unspecified atom stereocenters. The van der Waals surface area contributed by atoms with E-state index in [9.17, 15) is 24.3 Å². The zero-order chi connectivity index (χ0) is 34.4. The number of benzene rings is 1. The Morgan fingerprint density at radius 1 is 1.08 bits per heavy atom. The summed E-state index contributed by atoms with van der Waals surface area (Å²) >= 11 is 0. The van der Waals surface area contributed by atoms with Gasteiger partial charge in [-0.15, -0.1) is 0 Å². The number of aliphatic hydroxyl groups is 1. The molecule has 4 aliphatic rings. The van der Waals surface area contributed by atoms with Crippen LogP contribution in [0.4, 0.5) is 0 Å². The second-order valence-corrected chi connectivity index (χ2v) is 13.8. The zero-order valence-electron chi connectivity index (χ0n) is 28.6. The van der Waals surface area contributed by atoms with Gasteiger partial charge in [0.2, 0.25) is 17.7 Å². The fourth-order valence-electron chi connectivity index (χ4n) is 7.81. The van der Waals surface area contributed by atoms with Gasteiger partial charge in [0.15, 0.2) is 0 Å². The van der Waals surface area contributed by atoms with Gasteiger partial charge in [0, 0.05) is 26.6 Å². The number of aliphatic hydroxyl groups excluding tert-OH is 1. The van der Waals surface area contributed by atoms with Crippen molar-refractivity contribution < 1.29 is 38.5 Å². The van der Waals surface area contributed by atoms with Crippen molar-refractivity contribution in [1.29, 1.82) is 0 Å². The first-order chi connectivity index (χ1) is 23.2. The van der Waals surface area contributed by atoms with Crippen LogP contribution < -0.4 is 5.32 Å². The summed E-state index contributed by atoms with van der Waals surface area (Å²) in [7, 11) is 1.52. The van der Waals surface area contributed by atoms with Crippen LogP contribution >= 0.6 is 0 Å². The number of allylic oxidation sites excluding steroid dienone is 1. The molecule has 11 heteroatoms. The van der Waals surface area contributed by atoms with Gasteiger partial charge in [-0.05, 0) is 30.7 Å². The lowest BCUT2D eigenvalue weighted by Gasteiger charge is -2.39. The molecule has 1 spiro atoms. The fourth-order valence-corrected chi connectivity index (χ4v) is 7.81.